The van der Waals surface area contributed by atoms with E-state index in [1.54, 1.807) is 0 Å². The molecule has 0 unspecified atom stereocenters. The Balaban J connectivity index is 1.62. The Bertz CT molecular complexity index is 739. The van der Waals surface area contributed by atoms with E-state index in [4.69, 9.17) is 11.6 Å². The number of piperidine rings is 1. The molecule has 4 heteroatoms. The smallest absolute Gasteiger partial charge is 0.228 e. The number of hydrogen-bond donors (Lipinski definition) is 1. The number of halogens is 1. The predicted molar refractivity (Wildman–Crippen MR) is 104 cm³/mol. The van der Waals surface area contributed by atoms with Gasteiger partial charge in [0.25, 0.3) is 0 Å². The summed E-state index contributed by atoms with van der Waals surface area (Å²) in [6, 6.07) is 14.1. The molecule has 3 nitrogen and oxygen atoms in total. The van der Waals surface area contributed by atoms with Gasteiger partial charge in [-0.1, -0.05) is 35.9 Å². The normalized spacial score (nSPS) is 18.1. The second kappa shape index (κ2) is 8.03. The molecule has 1 saturated heterocycles. The van der Waals surface area contributed by atoms with Crippen LogP contribution < -0.4 is 5.32 Å². The molecule has 1 fully saturated rings. The third-order valence-electron chi connectivity index (χ3n) is 4.72. The first-order valence-electron chi connectivity index (χ1n) is 8.86. The van der Waals surface area contributed by atoms with E-state index in [1.807, 2.05) is 30.3 Å². The second-order valence-electron chi connectivity index (χ2n) is 7.03. The molecule has 0 aliphatic carbocycles. The van der Waals surface area contributed by atoms with Crippen molar-refractivity contribution in [1.29, 1.82) is 0 Å². The second-order valence-corrected chi connectivity index (χ2v) is 7.44. The van der Waals surface area contributed by atoms with E-state index in [0.717, 1.165) is 48.7 Å². The number of benzene rings is 2. The molecule has 1 aliphatic heterocycles. The maximum atomic E-state index is 12.7. The molecule has 0 bridgehead atoms. The van der Waals surface area contributed by atoms with E-state index in [2.05, 4.69) is 36.2 Å². The third-order valence-corrected chi connectivity index (χ3v) is 5.09. The number of hydrogen-bond acceptors (Lipinski definition) is 2. The summed E-state index contributed by atoms with van der Waals surface area (Å²) in [7, 11) is 0. The van der Waals surface area contributed by atoms with E-state index in [1.165, 1.54) is 11.1 Å². The van der Waals surface area contributed by atoms with Crippen LogP contribution in [0.5, 0.6) is 0 Å². The Hall–Kier alpha value is -1.84. The summed E-state index contributed by atoms with van der Waals surface area (Å²) in [5.74, 6) is 0.144. The molecule has 2 aromatic rings. The van der Waals surface area contributed by atoms with Crippen molar-refractivity contribution >= 4 is 23.2 Å². The van der Waals surface area contributed by atoms with Gasteiger partial charge in [0.05, 0.1) is 5.92 Å². The fourth-order valence-electron chi connectivity index (χ4n) is 3.57. The van der Waals surface area contributed by atoms with E-state index in [0.29, 0.717) is 0 Å². The van der Waals surface area contributed by atoms with Crippen LogP contribution >= 0.6 is 11.6 Å². The Morgan fingerprint density at radius 2 is 1.92 bits per heavy atom. The van der Waals surface area contributed by atoms with E-state index in [-0.39, 0.29) is 11.8 Å². The van der Waals surface area contributed by atoms with Crippen LogP contribution in [0.15, 0.2) is 42.5 Å². The standard InChI is InChI=1S/C21H25ClN2O/c1-15-10-16(2)12-19(11-15)23-21(25)18-7-5-9-24(14-18)13-17-6-3-4-8-20(17)22/h3-4,6,8,10-12,18H,5,7,9,13-14H2,1-2H3,(H,23,25)/t18-/m0/s1. The molecule has 0 spiro atoms. The summed E-state index contributed by atoms with van der Waals surface area (Å²) in [5.41, 5.74) is 4.35. The molecule has 25 heavy (non-hydrogen) atoms. The van der Waals surface area contributed by atoms with Crippen LogP contribution in [-0.4, -0.2) is 23.9 Å². The van der Waals surface area contributed by atoms with Gasteiger partial charge in [0.15, 0.2) is 0 Å². The summed E-state index contributed by atoms with van der Waals surface area (Å²) >= 11 is 6.27. The fraction of sp³-hybridized carbons (Fsp3) is 0.381. The van der Waals surface area contributed by atoms with Crippen LogP contribution in [0.4, 0.5) is 5.69 Å². The average molecular weight is 357 g/mol. The largest absolute Gasteiger partial charge is 0.326 e. The first-order chi connectivity index (χ1) is 12.0. The van der Waals surface area contributed by atoms with Crippen LogP contribution in [0, 0.1) is 19.8 Å². The van der Waals surface area contributed by atoms with Crippen LogP contribution in [0.3, 0.4) is 0 Å². The first-order valence-corrected chi connectivity index (χ1v) is 9.24. The van der Waals surface area contributed by atoms with Crippen molar-refractivity contribution in [2.45, 2.75) is 33.2 Å². The molecular formula is C21H25ClN2O. The van der Waals surface area contributed by atoms with Crippen molar-refractivity contribution in [2.75, 3.05) is 18.4 Å². The Kier molecular flexibility index (Phi) is 5.77. The summed E-state index contributed by atoms with van der Waals surface area (Å²) in [6.07, 6.45) is 1.98. The number of nitrogens with zero attached hydrogens (tertiary/aromatic N) is 1. The highest BCUT2D eigenvalue weighted by molar-refractivity contribution is 6.31. The summed E-state index contributed by atoms with van der Waals surface area (Å²) in [5, 5.41) is 3.89. The van der Waals surface area contributed by atoms with Gasteiger partial charge in [-0.15, -0.1) is 0 Å². The number of likely N-dealkylation sites (tertiary alicyclic amines) is 1. The lowest BCUT2D eigenvalue weighted by Gasteiger charge is -2.32. The molecule has 1 N–H and O–H groups in total. The highest BCUT2D eigenvalue weighted by Crippen LogP contribution is 2.23. The van der Waals surface area contributed by atoms with E-state index in [9.17, 15) is 4.79 Å². The van der Waals surface area contributed by atoms with Crippen LogP contribution in [0.25, 0.3) is 0 Å². The van der Waals surface area contributed by atoms with Crippen molar-refractivity contribution < 1.29 is 4.79 Å². The predicted octanol–water partition coefficient (Wildman–Crippen LogP) is 4.81. The lowest BCUT2D eigenvalue weighted by Crippen LogP contribution is -2.40. The maximum Gasteiger partial charge on any atom is 0.228 e. The molecule has 2 aromatic carbocycles. The topological polar surface area (TPSA) is 32.3 Å². The van der Waals surface area contributed by atoms with Crippen molar-refractivity contribution in [1.82, 2.24) is 4.90 Å². The van der Waals surface area contributed by atoms with Gasteiger partial charge in [-0.05, 0) is 68.1 Å². The Labute approximate surface area is 155 Å². The number of carbonyl (C=O) groups is 1. The average Bonchev–Trinajstić information content (AvgIpc) is 2.56. The monoisotopic (exact) mass is 356 g/mol. The molecular weight excluding hydrogens is 332 g/mol. The number of carbonyl (C=O) groups excluding carboxylic acids is 1. The zero-order valence-electron chi connectivity index (χ0n) is 14.9. The molecule has 132 valence electrons. The number of nitrogens with one attached hydrogen (secondary N) is 1. The summed E-state index contributed by atoms with van der Waals surface area (Å²) in [6.45, 7) is 6.69. The van der Waals surface area contributed by atoms with Gasteiger partial charge in [0.2, 0.25) is 5.91 Å². The lowest BCUT2D eigenvalue weighted by atomic mass is 9.96. The third kappa shape index (κ3) is 4.83. The lowest BCUT2D eigenvalue weighted by molar-refractivity contribution is -0.121. The van der Waals surface area contributed by atoms with Gasteiger partial charge in [-0.2, -0.15) is 0 Å². The van der Waals surface area contributed by atoms with E-state index < -0.39 is 0 Å². The number of anilines is 1. The maximum absolute atomic E-state index is 12.7. The van der Waals surface area contributed by atoms with E-state index >= 15 is 0 Å². The SMILES string of the molecule is Cc1cc(C)cc(NC(=O)[C@H]2CCCN(Cc3ccccc3Cl)C2)c1. The Morgan fingerprint density at radius 3 is 2.64 bits per heavy atom. The quantitative estimate of drug-likeness (QED) is 0.852. The van der Waals surface area contributed by atoms with Crippen LogP contribution in [0.1, 0.15) is 29.5 Å². The molecule has 1 aliphatic rings. The minimum absolute atomic E-state index is 0.0251. The molecule has 0 saturated carbocycles. The fourth-order valence-corrected chi connectivity index (χ4v) is 3.77. The molecule has 1 heterocycles. The molecule has 0 radical (unpaired) electrons. The minimum Gasteiger partial charge on any atom is -0.326 e. The number of amides is 1. The van der Waals surface area contributed by atoms with Gasteiger partial charge in [-0.3, -0.25) is 9.69 Å². The summed E-state index contributed by atoms with van der Waals surface area (Å²) in [4.78, 5) is 15.0. The van der Waals surface area contributed by atoms with Crippen LogP contribution in [-0.2, 0) is 11.3 Å². The van der Waals surface area contributed by atoms with Gasteiger partial charge < -0.3 is 5.32 Å². The minimum atomic E-state index is 0.0251. The molecule has 1 atom stereocenters. The van der Waals surface area contributed by atoms with Gasteiger partial charge in [0.1, 0.15) is 0 Å². The van der Waals surface area contributed by atoms with Gasteiger partial charge >= 0.3 is 0 Å². The molecule has 0 aromatic heterocycles. The van der Waals surface area contributed by atoms with Crippen molar-refractivity contribution in [3.05, 3.63) is 64.2 Å². The first kappa shape index (κ1) is 18.0. The number of aryl methyl sites for hydroxylation is 2. The summed E-state index contributed by atoms with van der Waals surface area (Å²) < 4.78 is 0. The highest BCUT2D eigenvalue weighted by atomic mass is 35.5. The Morgan fingerprint density at radius 1 is 1.20 bits per heavy atom. The van der Waals surface area contributed by atoms with Gasteiger partial charge in [0, 0.05) is 23.8 Å². The highest BCUT2D eigenvalue weighted by Gasteiger charge is 2.26. The number of rotatable bonds is 4. The van der Waals surface area contributed by atoms with Crippen molar-refractivity contribution in [2.24, 2.45) is 5.92 Å². The van der Waals surface area contributed by atoms with Crippen LogP contribution in [0.2, 0.25) is 5.02 Å². The van der Waals surface area contributed by atoms with Crippen molar-refractivity contribution in [3.63, 3.8) is 0 Å². The van der Waals surface area contributed by atoms with Crippen molar-refractivity contribution in [3.8, 4) is 0 Å². The van der Waals surface area contributed by atoms with Gasteiger partial charge in [-0.25, -0.2) is 0 Å². The zero-order valence-corrected chi connectivity index (χ0v) is 15.6. The molecule has 1 amide bonds. The molecule has 3 rings (SSSR count). The zero-order chi connectivity index (χ0) is 17.8.